The van der Waals surface area contributed by atoms with Gasteiger partial charge in [0, 0.05) is 27.2 Å². The summed E-state index contributed by atoms with van der Waals surface area (Å²) in [6.07, 6.45) is 0.847. The van der Waals surface area contributed by atoms with Gasteiger partial charge in [-0.05, 0) is 36.2 Å². The number of benzene rings is 1. The summed E-state index contributed by atoms with van der Waals surface area (Å²) in [4.78, 5) is 27.6. The Bertz CT molecular complexity index is 770. The second-order valence-electron chi connectivity index (χ2n) is 6.40. The van der Waals surface area contributed by atoms with E-state index in [0.29, 0.717) is 18.8 Å². The molecule has 7 nitrogen and oxygen atoms in total. The van der Waals surface area contributed by atoms with Gasteiger partial charge in [-0.15, -0.1) is 0 Å². The van der Waals surface area contributed by atoms with E-state index in [4.69, 9.17) is 9.15 Å². The summed E-state index contributed by atoms with van der Waals surface area (Å²) >= 11 is 0. The molecule has 2 rings (SSSR count). The molecule has 1 N–H and O–H groups in total. The molecule has 0 unspecified atom stereocenters. The van der Waals surface area contributed by atoms with Gasteiger partial charge in [0.25, 0.3) is 5.91 Å². The van der Waals surface area contributed by atoms with E-state index in [1.165, 1.54) is 4.90 Å². The van der Waals surface area contributed by atoms with Crippen LogP contribution in [-0.4, -0.2) is 49.5 Å². The van der Waals surface area contributed by atoms with Gasteiger partial charge < -0.3 is 24.3 Å². The van der Waals surface area contributed by atoms with Crippen molar-refractivity contribution in [3.8, 4) is 5.75 Å². The van der Waals surface area contributed by atoms with Crippen LogP contribution in [0, 0.1) is 0 Å². The van der Waals surface area contributed by atoms with Crippen LogP contribution >= 0.6 is 0 Å². The molecule has 1 heterocycles. The molecule has 0 aliphatic rings. The largest absolute Gasteiger partial charge is 0.497 e. The number of nitrogens with zero attached hydrogens (tertiary/aromatic N) is 2. The summed E-state index contributed by atoms with van der Waals surface area (Å²) in [6, 6.07) is 10.8. The molecule has 0 saturated carbocycles. The van der Waals surface area contributed by atoms with E-state index < -0.39 is 0 Å². The van der Waals surface area contributed by atoms with Crippen LogP contribution in [0.2, 0.25) is 0 Å². The average molecular weight is 373 g/mol. The molecular formula is C20H27N3O4. The molecule has 0 saturated heterocycles. The second kappa shape index (κ2) is 9.66. The minimum absolute atomic E-state index is 0.184. The van der Waals surface area contributed by atoms with E-state index in [-0.39, 0.29) is 24.2 Å². The van der Waals surface area contributed by atoms with Crippen molar-refractivity contribution < 1.29 is 18.7 Å². The second-order valence-corrected chi connectivity index (χ2v) is 6.40. The number of methoxy groups -OCH3 is 1. The minimum Gasteiger partial charge on any atom is -0.497 e. The highest BCUT2D eigenvalue weighted by atomic mass is 16.5. The summed E-state index contributed by atoms with van der Waals surface area (Å²) in [7, 11) is 4.94. The third kappa shape index (κ3) is 5.77. The lowest BCUT2D eigenvalue weighted by Crippen LogP contribution is -2.39. The lowest BCUT2D eigenvalue weighted by atomic mass is 10.2. The predicted octanol–water partition coefficient (Wildman–Crippen LogP) is 3.11. The highest BCUT2D eigenvalue weighted by Gasteiger charge is 2.16. The Balaban J connectivity index is 1.97. The highest BCUT2D eigenvalue weighted by Crippen LogP contribution is 2.15. The summed E-state index contributed by atoms with van der Waals surface area (Å²) in [5, 5.41) is 2.85. The third-order valence-corrected chi connectivity index (χ3v) is 3.98. The van der Waals surface area contributed by atoms with Crippen molar-refractivity contribution in [1.82, 2.24) is 15.1 Å². The molecule has 0 radical (unpaired) electrons. The number of carbonyl (C=O) groups is 2. The van der Waals surface area contributed by atoms with Gasteiger partial charge in [-0.1, -0.05) is 19.1 Å². The Morgan fingerprint density at radius 1 is 1.19 bits per heavy atom. The van der Waals surface area contributed by atoms with E-state index in [9.17, 15) is 9.59 Å². The minimum atomic E-state index is -0.210. The Kier molecular flexibility index (Phi) is 7.28. The maximum Gasteiger partial charge on any atom is 0.318 e. The summed E-state index contributed by atoms with van der Waals surface area (Å²) in [5.41, 5.74) is 0.995. The van der Waals surface area contributed by atoms with Gasteiger partial charge in [-0.25, -0.2) is 4.79 Å². The van der Waals surface area contributed by atoms with E-state index in [1.807, 2.05) is 31.2 Å². The van der Waals surface area contributed by atoms with Gasteiger partial charge in [0.15, 0.2) is 5.76 Å². The van der Waals surface area contributed by atoms with Gasteiger partial charge in [0.2, 0.25) is 0 Å². The van der Waals surface area contributed by atoms with Crippen LogP contribution < -0.4 is 10.1 Å². The van der Waals surface area contributed by atoms with Crippen molar-refractivity contribution in [2.75, 3.05) is 27.7 Å². The number of nitrogens with one attached hydrogen (secondary N) is 1. The van der Waals surface area contributed by atoms with Gasteiger partial charge in [-0.3, -0.25) is 4.79 Å². The van der Waals surface area contributed by atoms with Crippen LogP contribution in [0.15, 0.2) is 40.8 Å². The fourth-order valence-electron chi connectivity index (χ4n) is 2.60. The maximum atomic E-state index is 12.6. The SMILES string of the molecule is CCCN(Cc1cccc(OC)c1)C(=O)NCc1ccc(C(=O)N(C)C)o1. The molecule has 1 aromatic carbocycles. The number of carbonyl (C=O) groups excluding carboxylic acids is 2. The predicted molar refractivity (Wildman–Crippen MR) is 103 cm³/mol. The number of urea groups is 1. The number of furan rings is 1. The van der Waals surface area contributed by atoms with E-state index in [1.54, 1.807) is 38.2 Å². The number of ether oxygens (including phenoxy) is 1. The molecule has 27 heavy (non-hydrogen) atoms. The fraction of sp³-hybridized carbons (Fsp3) is 0.400. The molecule has 0 spiro atoms. The molecule has 146 valence electrons. The van der Waals surface area contributed by atoms with E-state index in [2.05, 4.69) is 5.32 Å². The first-order valence-electron chi connectivity index (χ1n) is 8.90. The standard InChI is InChI=1S/C20H27N3O4/c1-5-11-23(14-15-7-6-8-16(12-15)26-4)20(25)21-13-17-9-10-18(27-17)19(24)22(2)3/h6-10,12H,5,11,13-14H2,1-4H3,(H,21,25). The monoisotopic (exact) mass is 373 g/mol. The zero-order valence-electron chi connectivity index (χ0n) is 16.3. The summed E-state index contributed by atoms with van der Waals surface area (Å²) in [6.45, 7) is 3.36. The maximum absolute atomic E-state index is 12.6. The van der Waals surface area contributed by atoms with Gasteiger partial charge >= 0.3 is 6.03 Å². The molecule has 7 heteroatoms. The molecule has 0 aliphatic heterocycles. The Labute approximate surface area is 159 Å². The number of amides is 3. The Morgan fingerprint density at radius 3 is 2.63 bits per heavy atom. The van der Waals surface area contributed by atoms with Gasteiger partial charge in [0.1, 0.15) is 11.5 Å². The van der Waals surface area contributed by atoms with Crippen LogP contribution in [0.3, 0.4) is 0 Å². The lowest BCUT2D eigenvalue weighted by Gasteiger charge is -2.22. The van der Waals surface area contributed by atoms with Crippen molar-refractivity contribution in [1.29, 1.82) is 0 Å². The zero-order chi connectivity index (χ0) is 19.8. The third-order valence-electron chi connectivity index (χ3n) is 3.98. The Morgan fingerprint density at radius 2 is 1.96 bits per heavy atom. The smallest absolute Gasteiger partial charge is 0.318 e. The fourth-order valence-corrected chi connectivity index (χ4v) is 2.60. The van der Waals surface area contributed by atoms with Crippen LogP contribution in [0.4, 0.5) is 4.79 Å². The van der Waals surface area contributed by atoms with Crippen molar-refractivity contribution >= 4 is 11.9 Å². The number of hydrogen-bond donors (Lipinski definition) is 1. The van der Waals surface area contributed by atoms with Crippen molar-refractivity contribution in [2.45, 2.75) is 26.4 Å². The van der Waals surface area contributed by atoms with Crippen LogP contribution in [0.25, 0.3) is 0 Å². The number of hydrogen-bond acceptors (Lipinski definition) is 4. The van der Waals surface area contributed by atoms with E-state index in [0.717, 1.165) is 17.7 Å². The average Bonchev–Trinajstić information content (AvgIpc) is 3.14. The molecule has 0 bridgehead atoms. The summed E-state index contributed by atoms with van der Waals surface area (Å²) < 4.78 is 10.7. The van der Waals surface area contributed by atoms with Crippen molar-refractivity contribution in [2.24, 2.45) is 0 Å². The van der Waals surface area contributed by atoms with Crippen molar-refractivity contribution in [3.63, 3.8) is 0 Å². The topological polar surface area (TPSA) is 75.0 Å². The molecule has 0 aliphatic carbocycles. The van der Waals surface area contributed by atoms with E-state index >= 15 is 0 Å². The van der Waals surface area contributed by atoms with Crippen LogP contribution in [0.5, 0.6) is 5.75 Å². The molecule has 1 aromatic heterocycles. The van der Waals surface area contributed by atoms with Crippen molar-refractivity contribution in [3.05, 3.63) is 53.5 Å². The normalized spacial score (nSPS) is 10.4. The molecule has 2 aromatic rings. The first-order valence-corrected chi connectivity index (χ1v) is 8.90. The zero-order valence-corrected chi connectivity index (χ0v) is 16.3. The molecule has 3 amide bonds. The quantitative estimate of drug-likeness (QED) is 0.771. The molecular weight excluding hydrogens is 346 g/mol. The van der Waals surface area contributed by atoms with Gasteiger partial charge in [0.05, 0.1) is 13.7 Å². The highest BCUT2D eigenvalue weighted by molar-refractivity contribution is 5.91. The lowest BCUT2D eigenvalue weighted by molar-refractivity contribution is 0.0794. The first-order chi connectivity index (χ1) is 12.9. The molecule has 0 fully saturated rings. The molecule has 0 atom stereocenters. The number of rotatable bonds is 8. The summed E-state index contributed by atoms with van der Waals surface area (Å²) in [5.74, 6) is 1.34. The Hall–Kier alpha value is -2.96. The van der Waals surface area contributed by atoms with Gasteiger partial charge in [-0.2, -0.15) is 0 Å². The first kappa shape index (κ1) is 20.4. The van der Waals surface area contributed by atoms with Crippen LogP contribution in [0.1, 0.15) is 35.2 Å². The van der Waals surface area contributed by atoms with Crippen LogP contribution in [-0.2, 0) is 13.1 Å².